The van der Waals surface area contributed by atoms with Gasteiger partial charge < -0.3 is 15.4 Å². The standard InChI is InChI=1S/C26H27N3O3/c1-17-14-24(17)26(31)29-21-11-9-19(10-12-21)25(30)28-18(2)20-6-5-8-23(15-20)32-16-22-7-3-4-13-27-22/h3-13,15,17-18,24H,14,16H2,1-2H3,(H,28,30)(H,29,31). The zero-order valence-electron chi connectivity index (χ0n) is 18.2. The van der Waals surface area contributed by atoms with Gasteiger partial charge in [0.1, 0.15) is 12.4 Å². The van der Waals surface area contributed by atoms with E-state index < -0.39 is 0 Å². The molecule has 6 nitrogen and oxygen atoms in total. The second kappa shape index (κ2) is 9.64. The van der Waals surface area contributed by atoms with Gasteiger partial charge >= 0.3 is 0 Å². The molecule has 32 heavy (non-hydrogen) atoms. The third-order valence-corrected chi connectivity index (χ3v) is 5.68. The molecule has 4 rings (SSSR count). The van der Waals surface area contributed by atoms with Gasteiger partial charge in [-0.15, -0.1) is 0 Å². The fraction of sp³-hybridized carbons (Fsp3) is 0.269. The summed E-state index contributed by atoms with van der Waals surface area (Å²) in [5.74, 6) is 1.17. The van der Waals surface area contributed by atoms with Crippen molar-refractivity contribution in [2.24, 2.45) is 11.8 Å². The molecule has 1 aromatic heterocycles. The van der Waals surface area contributed by atoms with Crippen molar-refractivity contribution in [3.05, 3.63) is 89.7 Å². The van der Waals surface area contributed by atoms with Crippen molar-refractivity contribution in [1.29, 1.82) is 0 Å². The molecule has 0 radical (unpaired) electrons. The number of benzene rings is 2. The van der Waals surface area contributed by atoms with Crippen LogP contribution in [0.5, 0.6) is 5.75 Å². The molecule has 0 saturated heterocycles. The molecule has 1 heterocycles. The summed E-state index contributed by atoms with van der Waals surface area (Å²) in [6.45, 7) is 4.38. The van der Waals surface area contributed by atoms with Crippen LogP contribution in [0.2, 0.25) is 0 Å². The van der Waals surface area contributed by atoms with E-state index in [0.717, 1.165) is 23.4 Å². The van der Waals surface area contributed by atoms with E-state index in [0.29, 0.717) is 23.8 Å². The van der Waals surface area contributed by atoms with Crippen LogP contribution in [0.25, 0.3) is 0 Å². The molecule has 1 aliphatic rings. The van der Waals surface area contributed by atoms with E-state index in [1.807, 2.05) is 49.4 Å². The van der Waals surface area contributed by atoms with Crippen LogP contribution in [0.3, 0.4) is 0 Å². The highest BCUT2D eigenvalue weighted by atomic mass is 16.5. The smallest absolute Gasteiger partial charge is 0.251 e. The van der Waals surface area contributed by atoms with Crippen molar-refractivity contribution in [2.75, 3.05) is 5.32 Å². The molecule has 1 saturated carbocycles. The van der Waals surface area contributed by atoms with Gasteiger partial charge in [0.15, 0.2) is 0 Å². The van der Waals surface area contributed by atoms with Gasteiger partial charge in [-0.05, 0) is 73.4 Å². The Balaban J connectivity index is 1.32. The van der Waals surface area contributed by atoms with E-state index in [9.17, 15) is 9.59 Å². The molecule has 2 aromatic carbocycles. The summed E-state index contributed by atoms with van der Waals surface area (Å²) in [5, 5.41) is 5.92. The Morgan fingerprint density at radius 2 is 1.88 bits per heavy atom. The number of nitrogens with zero attached hydrogens (tertiary/aromatic N) is 1. The Morgan fingerprint density at radius 1 is 1.09 bits per heavy atom. The first-order chi connectivity index (χ1) is 15.5. The molecule has 2 amide bonds. The minimum absolute atomic E-state index is 0.0495. The minimum atomic E-state index is -0.198. The molecule has 164 valence electrons. The quantitative estimate of drug-likeness (QED) is 0.542. The van der Waals surface area contributed by atoms with E-state index in [1.54, 1.807) is 30.5 Å². The van der Waals surface area contributed by atoms with E-state index in [2.05, 4.69) is 22.5 Å². The number of amides is 2. The van der Waals surface area contributed by atoms with Crippen molar-refractivity contribution < 1.29 is 14.3 Å². The first kappa shape index (κ1) is 21.6. The number of hydrogen-bond donors (Lipinski definition) is 2. The van der Waals surface area contributed by atoms with Crippen molar-refractivity contribution in [1.82, 2.24) is 10.3 Å². The number of ether oxygens (including phenoxy) is 1. The maximum atomic E-state index is 12.7. The number of carbonyl (C=O) groups is 2. The fourth-order valence-electron chi connectivity index (χ4n) is 3.51. The third kappa shape index (κ3) is 5.52. The van der Waals surface area contributed by atoms with Gasteiger partial charge in [0.25, 0.3) is 5.91 Å². The summed E-state index contributed by atoms with van der Waals surface area (Å²) in [4.78, 5) is 29.0. The van der Waals surface area contributed by atoms with Gasteiger partial charge in [0, 0.05) is 23.4 Å². The molecule has 1 fully saturated rings. The van der Waals surface area contributed by atoms with Crippen LogP contribution in [0.4, 0.5) is 5.69 Å². The van der Waals surface area contributed by atoms with Gasteiger partial charge in [-0.25, -0.2) is 0 Å². The van der Waals surface area contributed by atoms with E-state index >= 15 is 0 Å². The number of rotatable bonds is 8. The molecule has 6 heteroatoms. The lowest BCUT2D eigenvalue weighted by atomic mass is 10.1. The van der Waals surface area contributed by atoms with Gasteiger partial charge in [0.05, 0.1) is 11.7 Å². The SMILES string of the molecule is CC(NC(=O)c1ccc(NC(=O)C2CC2C)cc1)c1cccc(OCc2ccccn2)c1. The Labute approximate surface area is 188 Å². The number of pyridine rings is 1. The number of carbonyl (C=O) groups excluding carboxylic acids is 2. The second-order valence-electron chi connectivity index (χ2n) is 8.26. The van der Waals surface area contributed by atoms with Crippen molar-refractivity contribution in [3.8, 4) is 5.75 Å². The lowest BCUT2D eigenvalue weighted by Crippen LogP contribution is -2.26. The fourth-order valence-corrected chi connectivity index (χ4v) is 3.51. The Morgan fingerprint density at radius 3 is 2.56 bits per heavy atom. The number of aromatic nitrogens is 1. The first-order valence-electron chi connectivity index (χ1n) is 10.8. The summed E-state index contributed by atoms with van der Waals surface area (Å²) in [7, 11) is 0. The van der Waals surface area contributed by atoms with Crippen LogP contribution in [0, 0.1) is 11.8 Å². The van der Waals surface area contributed by atoms with Crippen LogP contribution >= 0.6 is 0 Å². The summed E-state index contributed by atoms with van der Waals surface area (Å²) in [6, 6.07) is 20.1. The summed E-state index contributed by atoms with van der Waals surface area (Å²) in [5.41, 5.74) is 3.04. The van der Waals surface area contributed by atoms with Crippen molar-refractivity contribution in [3.63, 3.8) is 0 Å². The summed E-state index contributed by atoms with van der Waals surface area (Å²) < 4.78 is 5.84. The molecule has 0 aliphatic heterocycles. The molecule has 3 atom stereocenters. The molecular formula is C26H27N3O3. The first-order valence-corrected chi connectivity index (χ1v) is 10.8. The van der Waals surface area contributed by atoms with Gasteiger partial charge in [0.2, 0.25) is 5.91 Å². The highest BCUT2D eigenvalue weighted by Gasteiger charge is 2.39. The van der Waals surface area contributed by atoms with Crippen LogP contribution in [-0.4, -0.2) is 16.8 Å². The van der Waals surface area contributed by atoms with Gasteiger partial charge in [-0.2, -0.15) is 0 Å². The second-order valence-corrected chi connectivity index (χ2v) is 8.26. The Hall–Kier alpha value is -3.67. The molecule has 0 spiro atoms. The average Bonchev–Trinajstić information content (AvgIpc) is 3.56. The summed E-state index contributed by atoms with van der Waals surface area (Å²) in [6.07, 6.45) is 2.68. The topological polar surface area (TPSA) is 80.3 Å². The molecule has 3 unspecified atom stereocenters. The molecule has 3 aromatic rings. The molecule has 1 aliphatic carbocycles. The highest BCUT2D eigenvalue weighted by Crippen LogP contribution is 2.38. The zero-order valence-corrected chi connectivity index (χ0v) is 18.2. The monoisotopic (exact) mass is 429 g/mol. The maximum absolute atomic E-state index is 12.7. The Bertz CT molecular complexity index is 1080. The van der Waals surface area contributed by atoms with E-state index in [1.165, 1.54) is 0 Å². The maximum Gasteiger partial charge on any atom is 0.251 e. The normalized spacial score (nSPS) is 17.8. The predicted octanol–water partition coefficient (Wildman–Crippen LogP) is 4.75. The van der Waals surface area contributed by atoms with Crippen LogP contribution in [0.1, 0.15) is 47.9 Å². The van der Waals surface area contributed by atoms with Crippen LogP contribution < -0.4 is 15.4 Å². The van der Waals surface area contributed by atoms with Gasteiger partial charge in [-0.3, -0.25) is 14.6 Å². The van der Waals surface area contributed by atoms with E-state index in [4.69, 9.17) is 4.74 Å². The van der Waals surface area contributed by atoms with Crippen molar-refractivity contribution in [2.45, 2.75) is 32.9 Å². The Kier molecular flexibility index (Phi) is 6.50. The predicted molar refractivity (Wildman–Crippen MR) is 123 cm³/mol. The summed E-state index contributed by atoms with van der Waals surface area (Å²) >= 11 is 0. The van der Waals surface area contributed by atoms with Gasteiger partial charge in [-0.1, -0.05) is 25.1 Å². The van der Waals surface area contributed by atoms with Crippen LogP contribution in [0.15, 0.2) is 72.9 Å². The third-order valence-electron chi connectivity index (χ3n) is 5.68. The average molecular weight is 430 g/mol. The minimum Gasteiger partial charge on any atom is -0.487 e. The van der Waals surface area contributed by atoms with Crippen LogP contribution in [-0.2, 0) is 11.4 Å². The van der Waals surface area contributed by atoms with E-state index in [-0.39, 0.29) is 23.8 Å². The number of hydrogen-bond acceptors (Lipinski definition) is 4. The lowest BCUT2D eigenvalue weighted by Gasteiger charge is -2.16. The molecule has 2 N–H and O–H groups in total. The largest absolute Gasteiger partial charge is 0.487 e. The number of nitrogens with one attached hydrogen (secondary N) is 2. The zero-order chi connectivity index (χ0) is 22.5. The lowest BCUT2D eigenvalue weighted by molar-refractivity contribution is -0.117. The van der Waals surface area contributed by atoms with Crippen molar-refractivity contribution >= 4 is 17.5 Å². The molecular weight excluding hydrogens is 402 g/mol. The molecule has 0 bridgehead atoms. The number of anilines is 1. The highest BCUT2D eigenvalue weighted by molar-refractivity contribution is 5.97.